The smallest absolute Gasteiger partial charge is 0.307 e. The summed E-state index contributed by atoms with van der Waals surface area (Å²) < 4.78 is 0. The van der Waals surface area contributed by atoms with Crippen LogP contribution in [0.5, 0.6) is 0 Å². The van der Waals surface area contributed by atoms with Crippen LogP contribution in [0.1, 0.15) is 12.5 Å². The zero-order valence-corrected chi connectivity index (χ0v) is 11.2. The third kappa shape index (κ3) is 3.69. The molecule has 0 saturated heterocycles. The number of carbonyl (C=O) groups is 1. The van der Waals surface area contributed by atoms with E-state index in [1.165, 1.54) is 6.20 Å². The molecule has 0 bridgehead atoms. The summed E-state index contributed by atoms with van der Waals surface area (Å²) in [6.45, 7) is 2.04. The van der Waals surface area contributed by atoms with Crippen molar-refractivity contribution in [1.82, 2.24) is 4.98 Å². The van der Waals surface area contributed by atoms with Crippen LogP contribution >= 0.6 is 11.6 Å². The average molecular weight is 276 g/mol. The van der Waals surface area contributed by atoms with Crippen LogP contribution < -0.4 is 10.6 Å². The van der Waals surface area contributed by atoms with E-state index in [2.05, 4.69) is 15.6 Å². The van der Waals surface area contributed by atoms with Crippen molar-refractivity contribution in [3.8, 4) is 0 Å². The minimum atomic E-state index is -0.323. The van der Waals surface area contributed by atoms with Crippen LogP contribution in [0.15, 0.2) is 42.6 Å². The summed E-state index contributed by atoms with van der Waals surface area (Å²) in [4.78, 5) is 15.8. The molecule has 4 nitrogen and oxygen atoms in total. The molecule has 2 rings (SSSR count). The number of anilines is 2. The Bertz CT molecular complexity index is 569. The van der Waals surface area contributed by atoms with Gasteiger partial charge in [0.1, 0.15) is 5.82 Å². The van der Waals surface area contributed by atoms with Crippen molar-refractivity contribution >= 4 is 29.1 Å². The number of benzene rings is 1. The minimum Gasteiger partial charge on any atom is -0.307 e. The zero-order chi connectivity index (χ0) is 13.7. The molecule has 2 aromatic rings. The fourth-order valence-electron chi connectivity index (χ4n) is 1.67. The van der Waals surface area contributed by atoms with Gasteiger partial charge in [-0.1, -0.05) is 36.7 Å². The van der Waals surface area contributed by atoms with Crippen molar-refractivity contribution in [2.24, 2.45) is 0 Å². The molecule has 0 unspecified atom stereocenters. The molecule has 5 heteroatoms. The first kappa shape index (κ1) is 13.4. The molecule has 0 fully saturated rings. The van der Waals surface area contributed by atoms with Crippen LogP contribution in [-0.2, 0) is 6.42 Å². The van der Waals surface area contributed by atoms with Crippen molar-refractivity contribution < 1.29 is 4.79 Å². The summed E-state index contributed by atoms with van der Waals surface area (Å²) in [7, 11) is 0. The lowest BCUT2D eigenvalue weighted by molar-refractivity contribution is 0.262. The highest BCUT2D eigenvalue weighted by Gasteiger charge is 2.06. The highest BCUT2D eigenvalue weighted by molar-refractivity contribution is 6.30. The van der Waals surface area contributed by atoms with Gasteiger partial charge in [0.05, 0.1) is 5.02 Å². The standard InChI is InChI=1S/C14H14ClN3O/c1-2-10-5-3-4-6-12(10)17-14(19)18-13-8-7-11(15)9-16-13/h3-9H,2H2,1H3,(H2,16,17,18,19). The van der Waals surface area contributed by atoms with E-state index in [-0.39, 0.29) is 6.03 Å². The second-order valence-electron chi connectivity index (χ2n) is 3.95. The fourth-order valence-corrected chi connectivity index (χ4v) is 1.78. The van der Waals surface area contributed by atoms with Gasteiger partial charge in [-0.3, -0.25) is 5.32 Å². The number of aryl methyl sites for hydroxylation is 1. The van der Waals surface area contributed by atoms with Crippen molar-refractivity contribution in [2.75, 3.05) is 10.6 Å². The van der Waals surface area contributed by atoms with E-state index >= 15 is 0 Å². The first-order valence-corrected chi connectivity index (χ1v) is 6.34. The summed E-state index contributed by atoms with van der Waals surface area (Å²) in [6.07, 6.45) is 2.34. The molecule has 2 amide bonds. The van der Waals surface area contributed by atoms with E-state index < -0.39 is 0 Å². The predicted molar refractivity (Wildman–Crippen MR) is 77.7 cm³/mol. The Kier molecular flexibility index (Phi) is 4.36. The van der Waals surface area contributed by atoms with Gasteiger partial charge >= 0.3 is 6.03 Å². The lowest BCUT2D eigenvalue weighted by Crippen LogP contribution is -2.20. The Hall–Kier alpha value is -2.07. The molecule has 0 aliphatic carbocycles. The Labute approximate surface area is 116 Å². The van der Waals surface area contributed by atoms with Gasteiger partial charge in [-0.2, -0.15) is 0 Å². The number of hydrogen-bond acceptors (Lipinski definition) is 2. The van der Waals surface area contributed by atoms with E-state index in [1.54, 1.807) is 12.1 Å². The maximum atomic E-state index is 11.8. The summed E-state index contributed by atoms with van der Waals surface area (Å²) >= 11 is 5.73. The Balaban J connectivity index is 2.03. The molecule has 1 aromatic carbocycles. The number of urea groups is 1. The maximum absolute atomic E-state index is 11.8. The number of aromatic nitrogens is 1. The second kappa shape index (κ2) is 6.20. The Morgan fingerprint density at radius 1 is 1.21 bits per heavy atom. The molecule has 98 valence electrons. The molecule has 0 spiro atoms. The van der Waals surface area contributed by atoms with E-state index in [9.17, 15) is 4.79 Å². The van der Waals surface area contributed by atoms with Crippen molar-refractivity contribution in [3.05, 3.63) is 53.2 Å². The summed E-state index contributed by atoms with van der Waals surface area (Å²) in [5.41, 5.74) is 1.89. The molecule has 2 N–H and O–H groups in total. The van der Waals surface area contributed by atoms with Gasteiger partial charge in [-0.25, -0.2) is 9.78 Å². The van der Waals surface area contributed by atoms with Gasteiger partial charge in [0.15, 0.2) is 0 Å². The highest BCUT2D eigenvalue weighted by atomic mass is 35.5. The largest absolute Gasteiger partial charge is 0.324 e. The van der Waals surface area contributed by atoms with Crippen LogP contribution in [0, 0.1) is 0 Å². The Morgan fingerprint density at radius 2 is 2.00 bits per heavy atom. The van der Waals surface area contributed by atoms with Crippen LogP contribution in [0.3, 0.4) is 0 Å². The van der Waals surface area contributed by atoms with Crippen LogP contribution in [0.25, 0.3) is 0 Å². The normalized spacial score (nSPS) is 10.0. The number of carbonyl (C=O) groups excluding carboxylic acids is 1. The zero-order valence-electron chi connectivity index (χ0n) is 10.5. The lowest BCUT2D eigenvalue weighted by Gasteiger charge is -2.10. The van der Waals surface area contributed by atoms with Crippen LogP contribution in [0.4, 0.5) is 16.3 Å². The monoisotopic (exact) mass is 275 g/mol. The molecule has 0 radical (unpaired) electrons. The van der Waals surface area contributed by atoms with Crippen molar-refractivity contribution in [1.29, 1.82) is 0 Å². The molecule has 0 aliphatic heterocycles. The molecule has 1 heterocycles. The third-order valence-corrected chi connectivity index (χ3v) is 2.84. The number of para-hydroxylation sites is 1. The van der Waals surface area contributed by atoms with Crippen molar-refractivity contribution in [3.63, 3.8) is 0 Å². The molecule has 0 saturated carbocycles. The number of halogens is 1. The van der Waals surface area contributed by atoms with E-state index in [0.29, 0.717) is 10.8 Å². The quantitative estimate of drug-likeness (QED) is 0.891. The van der Waals surface area contributed by atoms with Gasteiger partial charge in [0.2, 0.25) is 0 Å². The minimum absolute atomic E-state index is 0.323. The van der Waals surface area contributed by atoms with E-state index in [0.717, 1.165) is 17.7 Å². The van der Waals surface area contributed by atoms with Crippen LogP contribution in [-0.4, -0.2) is 11.0 Å². The van der Waals surface area contributed by atoms with Gasteiger partial charge in [-0.05, 0) is 30.2 Å². The van der Waals surface area contributed by atoms with Gasteiger partial charge in [0.25, 0.3) is 0 Å². The summed E-state index contributed by atoms with van der Waals surface area (Å²) in [5, 5.41) is 5.98. The third-order valence-electron chi connectivity index (χ3n) is 2.62. The SMILES string of the molecule is CCc1ccccc1NC(=O)Nc1ccc(Cl)cn1. The lowest BCUT2D eigenvalue weighted by atomic mass is 10.1. The molecular weight excluding hydrogens is 262 g/mol. The summed E-state index contributed by atoms with van der Waals surface area (Å²) in [5.74, 6) is 0.455. The van der Waals surface area contributed by atoms with Crippen molar-refractivity contribution in [2.45, 2.75) is 13.3 Å². The maximum Gasteiger partial charge on any atom is 0.324 e. The second-order valence-corrected chi connectivity index (χ2v) is 4.39. The van der Waals surface area contributed by atoms with E-state index in [1.807, 2.05) is 31.2 Å². The average Bonchev–Trinajstić information content (AvgIpc) is 2.42. The van der Waals surface area contributed by atoms with Gasteiger partial charge < -0.3 is 5.32 Å². The summed E-state index contributed by atoms with van der Waals surface area (Å²) in [6, 6.07) is 10.7. The first-order valence-electron chi connectivity index (χ1n) is 5.96. The molecule has 19 heavy (non-hydrogen) atoms. The number of hydrogen-bond donors (Lipinski definition) is 2. The highest BCUT2D eigenvalue weighted by Crippen LogP contribution is 2.16. The topological polar surface area (TPSA) is 54.0 Å². The Morgan fingerprint density at radius 3 is 2.68 bits per heavy atom. The van der Waals surface area contributed by atoms with Gasteiger partial charge in [0, 0.05) is 11.9 Å². The predicted octanol–water partition coefficient (Wildman–Crippen LogP) is 3.94. The molecule has 1 aromatic heterocycles. The molecular formula is C14H14ClN3O. The van der Waals surface area contributed by atoms with Crippen LogP contribution in [0.2, 0.25) is 5.02 Å². The molecule has 0 atom stereocenters. The fraction of sp³-hybridized carbons (Fsp3) is 0.143. The number of rotatable bonds is 3. The molecule has 0 aliphatic rings. The number of nitrogens with one attached hydrogen (secondary N) is 2. The first-order chi connectivity index (χ1) is 9.19. The number of amides is 2. The number of nitrogens with zero attached hydrogens (tertiary/aromatic N) is 1. The number of pyridine rings is 1. The van der Waals surface area contributed by atoms with E-state index in [4.69, 9.17) is 11.6 Å². The van der Waals surface area contributed by atoms with Gasteiger partial charge in [-0.15, -0.1) is 0 Å².